The van der Waals surface area contributed by atoms with Gasteiger partial charge in [0.15, 0.2) is 0 Å². The van der Waals surface area contributed by atoms with Gasteiger partial charge in [0.2, 0.25) is 0 Å². The number of hydrogen-bond acceptors (Lipinski definition) is 3. The molecular formula is C26H21F4NO4. The predicted octanol–water partition coefficient (Wildman–Crippen LogP) is 5.72. The minimum Gasteiger partial charge on any atom is -0.480 e. The summed E-state index contributed by atoms with van der Waals surface area (Å²) >= 11 is 0. The molecule has 1 atom stereocenters. The van der Waals surface area contributed by atoms with Gasteiger partial charge in [-0.25, -0.2) is 14.0 Å². The van der Waals surface area contributed by atoms with Crippen molar-refractivity contribution in [3.05, 3.63) is 94.8 Å². The second-order valence-electron chi connectivity index (χ2n) is 8.29. The molecule has 0 spiro atoms. The zero-order valence-corrected chi connectivity index (χ0v) is 18.6. The number of hydrogen-bond donors (Lipinski definition) is 1. The number of likely N-dealkylation sites (N-methyl/N-ethyl adjacent to an activating group) is 1. The van der Waals surface area contributed by atoms with Crippen LogP contribution in [0.5, 0.6) is 0 Å². The number of carbonyl (C=O) groups is 2. The topological polar surface area (TPSA) is 66.8 Å². The standard InChI is InChI=1S/C26H21F4NO4/c1-31(23(24(32)33)13-15-10-11-21(22(27)12-15)26(28,29)30)25(34)35-14-20-18-8-4-2-6-16(18)17-7-3-5-9-19(17)20/h2-12,20,23H,13-14H2,1H3,(H,32,33). The Labute approximate surface area is 198 Å². The third-order valence-electron chi connectivity index (χ3n) is 6.14. The second kappa shape index (κ2) is 9.40. The summed E-state index contributed by atoms with van der Waals surface area (Å²) < 4.78 is 57.8. The molecule has 9 heteroatoms. The van der Waals surface area contributed by atoms with Crippen LogP contribution < -0.4 is 0 Å². The lowest BCUT2D eigenvalue weighted by molar-refractivity contribution is -0.142. The maximum atomic E-state index is 13.9. The average Bonchev–Trinajstić information content (AvgIpc) is 3.13. The lowest BCUT2D eigenvalue weighted by Gasteiger charge is -2.25. The Morgan fingerprint density at radius 2 is 1.57 bits per heavy atom. The summed E-state index contributed by atoms with van der Waals surface area (Å²) in [6.07, 6.45) is -6.18. The van der Waals surface area contributed by atoms with Crippen molar-refractivity contribution in [1.29, 1.82) is 0 Å². The molecule has 0 aromatic heterocycles. The Morgan fingerprint density at radius 1 is 1.00 bits per heavy atom. The average molecular weight is 487 g/mol. The largest absolute Gasteiger partial charge is 0.480 e. The highest BCUT2D eigenvalue weighted by molar-refractivity contribution is 5.81. The van der Waals surface area contributed by atoms with E-state index in [1.54, 1.807) is 0 Å². The number of fused-ring (bicyclic) bond motifs is 3. The van der Waals surface area contributed by atoms with E-state index in [0.29, 0.717) is 12.1 Å². The predicted molar refractivity (Wildman–Crippen MR) is 119 cm³/mol. The summed E-state index contributed by atoms with van der Waals surface area (Å²) in [6.45, 7) is -0.0293. The Hall–Kier alpha value is -3.88. The second-order valence-corrected chi connectivity index (χ2v) is 8.29. The Kier molecular flexibility index (Phi) is 6.51. The number of carboxylic acid groups (broad SMARTS) is 1. The van der Waals surface area contributed by atoms with E-state index in [-0.39, 0.29) is 18.1 Å². The van der Waals surface area contributed by atoms with Gasteiger partial charge < -0.3 is 9.84 Å². The van der Waals surface area contributed by atoms with Crippen LogP contribution in [0.4, 0.5) is 22.4 Å². The number of rotatable bonds is 6. The van der Waals surface area contributed by atoms with E-state index < -0.39 is 42.1 Å². The number of carbonyl (C=O) groups excluding carboxylic acids is 1. The van der Waals surface area contributed by atoms with Crippen LogP contribution in [0.1, 0.15) is 28.2 Å². The van der Waals surface area contributed by atoms with Crippen LogP contribution in [0, 0.1) is 5.82 Å². The molecule has 0 saturated carbocycles. The quantitative estimate of drug-likeness (QED) is 0.452. The van der Waals surface area contributed by atoms with Crippen molar-refractivity contribution in [3.8, 4) is 11.1 Å². The van der Waals surface area contributed by atoms with Crippen LogP contribution in [0.25, 0.3) is 11.1 Å². The summed E-state index contributed by atoms with van der Waals surface area (Å²) in [4.78, 5) is 25.4. The Bertz CT molecular complexity index is 1230. The third kappa shape index (κ3) is 4.84. The van der Waals surface area contributed by atoms with Crippen LogP contribution in [0.2, 0.25) is 0 Å². The Morgan fingerprint density at radius 3 is 2.09 bits per heavy atom. The zero-order valence-electron chi connectivity index (χ0n) is 18.6. The number of alkyl halides is 3. The van der Waals surface area contributed by atoms with Crippen molar-refractivity contribution >= 4 is 12.1 Å². The number of aliphatic carboxylic acids is 1. The Balaban J connectivity index is 1.47. The molecule has 1 aliphatic rings. The number of carboxylic acids is 1. The lowest BCUT2D eigenvalue weighted by Crippen LogP contribution is -2.44. The van der Waals surface area contributed by atoms with E-state index in [2.05, 4.69) is 0 Å². The molecule has 0 heterocycles. The fourth-order valence-corrected chi connectivity index (χ4v) is 4.35. The van der Waals surface area contributed by atoms with E-state index in [1.165, 1.54) is 7.05 Å². The molecule has 1 amide bonds. The van der Waals surface area contributed by atoms with Gasteiger partial charge in [-0.15, -0.1) is 0 Å². The highest BCUT2D eigenvalue weighted by Crippen LogP contribution is 2.44. The van der Waals surface area contributed by atoms with Crippen molar-refractivity contribution in [1.82, 2.24) is 4.90 Å². The van der Waals surface area contributed by atoms with Crippen molar-refractivity contribution in [2.24, 2.45) is 0 Å². The van der Waals surface area contributed by atoms with E-state index >= 15 is 0 Å². The number of halogens is 4. The normalized spacial score (nSPS) is 13.6. The molecule has 1 unspecified atom stereocenters. The van der Waals surface area contributed by atoms with E-state index in [9.17, 15) is 32.3 Å². The van der Waals surface area contributed by atoms with E-state index in [1.807, 2.05) is 48.5 Å². The molecule has 1 aliphatic carbocycles. The summed E-state index contributed by atoms with van der Waals surface area (Å²) in [5, 5.41) is 9.62. The fourth-order valence-electron chi connectivity index (χ4n) is 4.35. The molecule has 0 radical (unpaired) electrons. The van der Waals surface area contributed by atoms with Crippen molar-refractivity contribution in [2.75, 3.05) is 13.7 Å². The van der Waals surface area contributed by atoms with E-state index in [4.69, 9.17) is 4.74 Å². The van der Waals surface area contributed by atoms with Gasteiger partial charge in [0.1, 0.15) is 18.5 Å². The first kappa shape index (κ1) is 24.3. The van der Waals surface area contributed by atoms with Crippen molar-refractivity contribution < 1.29 is 37.0 Å². The maximum absolute atomic E-state index is 13.9. The van der Waals surface area contributed by atoms with Crippen LogP contribution in [0.3, 0.4) is 0 Å². The van der Waals surface area contributed by atoms with Gasteiger partial charge >= 0.3 is 18.2 Å². The third-order valence-corrected chi connectivity index (χ3v) is 6.14. The van der Waals surface area contributed by atoms with Gasteiger partial charge in [-0.3, -0.25) is 4.90 Å². The molecule has 4 rings (SSSR count). The van der Waals surface area contributed by atoms with Gasteiger partial charge in [-0.2, -0.15) is 13.2 Å². The van der Waals surface area contributed by atoms with Gasteiger partial charge in [-0.1, -0.05) is 54.6 Å². The van der Waals surface area contributed by atoms with Crippen LogP contribution >= 0.6 is 0 Å². The van der Waals surface area contributed by atoms with Crippen LogP contribution in [-0.4, -0.2) is 41.8 Å². The molecule has 3 aromatic carbocycles. The first-order chi connectivity index (χ1) is 16.6. The molecule has 182 valence electrons. The molecule has 5 nitrogen and oxygen atoms in total. The zero-order chi connectivity index (χ0) is 25.3. The monoisotopic (exact) mass is 487 g/mol. The molecule has 0 aliphatic heterocycles. The smallest absolute Gasteiger partial charge is 0.419 e. The van der Waals surface area contributed by atoms with Crippen LogP contribution in [-0.2, 0) is 22.1 Å². The number of benzene rings is 3. The summed E-state index contributed by atoms with van der Waals surface area (Å²) in [5.74, 6) is -3.14. The summed E-state index contributed by atoms with van der Waals surface area (Å²) in [7, 11) is 1.22. The molecule has 35 heavy (non-hydrogen) atoms. The minimum atomic E-state index is -4.87. The maximum Gasteiger partial charge on any atom is 0.419 e. The van der Waals surface area contributed by atoms with Gasteiger partial charge in [-0.05, 0) is 39.9 Å². The van der Waals surface area contributed by atoms with E-state index in [0.717, 1.165) is 33.2 Å². The van der Waals surface area contributed by atoms with Gasteiger partial charge in [0, 0.05) is 19.4 Å². The lowest BCUT2D eigenvalue weighted by atomic mass is 9.98. The highest BCUT2D eigenvalue weighted by atomic mass is 19.4. The number of ether oxygens (including phenoxy) is 1. The molecule has 0 bridgehead atoms. The first-order valence-corrected chi connectivity index (χ1v) is 10.7. The SMILES string of the molecule is CN(C(=O)OCC1c2ccccc2-c2ccccc21)C(Cc1ccc(C(F)(F)F)c(F)c1)C(=O)O. The minimum absolute atomic E-state index is 0.00111. The first-order valence-electron chi connectivity index (χ1n) is 10.7. The van der Waals surface area contributed by atoms with Gasteiger partial charge in [0.05, 0.1) is 5.56 Å². The molecular weight excluding hydrogens is 466 g/mol. The molecule has 1 N–H and O–H groups in total. The highest BCUT2D eigenvalue weighted by Gasteiger charge is 2.35. The summed E-state index contributed by atoms with van der Waals surface area (Å²) in [5.41, 5.74) is 2.59. The molecule has 0 fully saturated rings. The summed E-state index contributed by atoms with van der Waals surface area (Å²) in [6, 6.07) is 16.1. The van der Waals surface area contributed by atoms with Crippen LogP contribution in [0.15, 0.2) is 66.7 Å². The number of amides is 1. The fraction of sp³-hybridized carbons (Fsp3) is 0.231. The van der Waals surface area contributed by atoms with Gasteiger partial charge in [0.25, 0.3) is 0 Å². The molecule has 0 saturated heterocycles. The van der Waals surface area contributed by atoms with Crippen molar-refractivity contribution in [2.45, 2.75) is 24.6 Å². The van der Waals surface area contributed by atoms with Crippen molar-refractivity contribution in [3.63, 3.8) is 0 Å². The number of nitrogens with zero attached hydrogens (tertiary/aromatic N) is 1. The molecule has 3 aromatic rings.